The maximum absolute atomic E-state index is 11.8. The normalized spacial score (nSPS) is 11.9. The molecule has 17 heavy (non-hydrogen) atoms. The van der Waals surface area contributed by atoms with E-state index in [0.717, 1.165) is 11.1 Å². The van der Waals surface area contributed by atoms with E-state index in [1.807, 2.05) is 38.1 Å². The van der Waals surface area contributed by atoms with Gasteiger partial charge in [-0.05, 0) is 25.0 Å². The van der Waals surface area contributed by atoms with Crippen molar-refractivity contribution in [3.8, 4) is 0 Å². The number of aryl methyl sites for hydroxylation is 1. The Morgan fingerprint density at radius 3 is 2.71 bits per heavy atom. The molecule has 3 nitrogen and oxygen atoms in total. The van der Waals surface area contributed by atoms with Crippen LogP contribution < -0.4 is 11.1 Å². The van der Waals surface area contributed by atoms with Gasteiger partial charge in [0, 0.05) is 12.5 Å². The molecule has 1 unspecified atom stereocenters. The number of benzene rings is 1. The summed E-state index contributed by atoms with van der Waals surface area (Å²) < 4.78 is 0. The Bertz CT molecular complexity index is 418. The highest BCUT2D eigenvalue weighted by atomic mass is 32.1. The molecule has 0 heterocycles. The van der Waals surface area contributed by atoms with Crippen molar-refractivity contribution in [2.24, 2.45) is 5.73 Å². The van der Waals surface area contributed by atoms with Crippen molar-refractivity contribution in [1.29, 1.82) is 0 Å². The molecule has 92 valence electrons. The van der Waals surface area contributed by atoms with Crippen molar-refractivity contribution in [2.75, 3.05) is 0 Å². The third kappa shape index (κ3) is 4.95. The number of thiocarbonyl (C=S) groups is 1. The van der Waals surface area contributed by atoms with Crippen molar-refractivity contribution in [1.82, 2.24) is 5.32 Å². The number of carbonyl (C=O) groups excluding carboxylic acids is 1. The summed E-state index contributed by atoms with van der Waals surface area (Å²) >= 11 is 4.80. The molecule has 3 N–H and O–H groups in total. The lowest BCUT2D eigenvalue weighted by molar-refractivity contribution is -0.121. The summed E-state index contributed by atoms with van der Waals surface area (Å²) in [5.74, 6) is 0.00282. The summed E-state index contributed by atoms with van der Waals surface area (Å²) in [6.07, 6.45) is 0.934. The van der Waals surface area contributed by atoms with Gasteiger partial charge in [0.15, 0.2) is 0 Å². The van der Waals surface area contributed by atoms with Crippen molar-refractivity contribution < 1.29 is 4.79 Å². The molecule has 1 aromatic rings. The van der Waals surface area contributed by atoms with E-state index < -0.39 is 0 Å². The molecule has 0 spiro atoms. The lowest BCUT2D eigenvalue weighted by atomic mass is 10.1. The molecule has 4 heteroatoms. The molecule has 0 bridgehead atoms. The third-order valence-corrected chi connectivity index (χ3v) is 2.69. The maximum Gasteiger partial charge on any atom is 0.224 e. The molecule has 1 amide bonds. The molecule has 0 aliphatic rings. The Kier molecular flexibility index (Phi) is 5.10. The second kappa shape index (κ2) is 6.35. The molecule has 1 aromatic carbocycles. The van der Waals surface area contributed by atoms with E-state index in [0.29, 0.717) is 17.8 Å². The standard InChI is InChI=1S/C13H18N2OS/c1-9-5-3-4-6-11(9)8-13(16)15-10(2)7-12(14)17/h3-6,10H,7-8H2,1-2H3,(H2,14,17)(H,15,16). The van der Waals surface area contributed by atoms with Crippen LogP contribution in [0.3, 0.4) is 0 Å². The van der Waals surface area contributed by atoms with Gasteiger partial charge in [0.05, 0.1) is 11.4 Å². The molecule has 1 rings (SSSR count). The number of nitrogens with one attached hydrogen (secondary N) is 1. The Hall–Kier alpha value is -1.42. The second-order valence-electron chi connectivity index (χ2n) is 4.24. The number of hydrogen-bond acceptors (Lipinski definition) is 2. The van der Waals surface area contributed by atoms with Crippen molar-refractivity contribution in [2.45, 2.75) is 32.7 Å². The van der Waals surface area contributed by atoms with Gasteiger partial charge in [0.1, 0.15) is 0 Å². The third-order valence-electron chi connectivity index (χ3n) is 2.53. The first kappa shape index (κ1) is 13.6. The minimum Gasteiger partial charge on any atom is -0.393 e. The predicted octanol–water partition coefficient (Wildman–Crippen LogP) is 1.72. The number of carbonyl (C=O) groups is 1. The zero-order valence-electron chi connectivity index (χ0n) is 10.2. The van der Waals surface area contributed by atoms with Crippen LogP contribution in [-0.4, -0.2) is 16.9 Å². The zero-order valence-corrected chi connectivity index (χ0v) is 11.0. The van der Waals surface area contributed by atoms with Crippen LogP contribution in [0.2, 0.25) is 0 Å². The van der Waals surface area contributed by atoms with Gasteiger partial charge >= 0.3 is 0 Å². The highest BCUT2D eigenvalue weighted by molar-refractivity contribution is 7.80. The van der Waals surface area contributed by atoms with E-state index in [-0.39, 0.29) is 11.9 Å². The van der Waals surface area contributed by atoms with Crippen LogP contribution in [0.5, 0.6) is 0 Å². The molecule has 0 saturated heterocycles. The van der Waals surface area contributed by atoms with Crippen LogP contribution in [0.4, 0.5) is 0 Å². The van der Waals surface area contributed by atoms with Gasteiger partial charge in [0.2, 0.25) is 5.91 Å². The Balaban J connectivity index is 2.50. The topological polar surface area (TPSA) is 55.1 Å². The quantitative estimate of drug-likeness (QED) is 0.782. The maximum atomic E-state index is 11.8. The van der Waals surface area contributed by atoms with Gasteiger partial charge in [-0.1, -0.05) is 36.5 Å². The van der Waals surface area contributed by atoms with E-state index in [4.69, 9.17) is 18.0 Å². The van der Waals surface area contributed by atoms with Crippen LogP contribution in [0.15, 0.2) is 24.3 Å². The highest BCUT2D eigenvalue weighted by Gasteiger charge is 2.09. The molecule has 0 aliphatic heterocycles. The van der Waals surface area contributed by atoms with Gasteiger partial charge in [-0.25, -0.2) is 0 Å². The number of nitrogens with two attached hydrogens (primary N) is 1. The minimum atomic E-state index is -0.0102. The molecule has 0 saturated carbocycles. The molecular formula is C13H18N2OS. The van der Waals surface area contributed by atoms with Crippen molar-refractivity contribution in [3.05, 3.63) is 35.4 Å². The van der Waals surface area contributed by atoms with Crippen LogP contribution in [0.1, 0.15) is 24.5 Å². The lowest BCUT2D eigenvalue weighted by Gasteiger charge is -2.13. The van der Waals surface area contributed by atoms with E-state index in [2.05, 4.69) is 5.32 Å². The Morgan fingerprint density at radius 2 is 2.12 bits per heavy atom. The van der Waals surface area contributed by atoms with Crippen LogP contribution in [-0.2, 0) is 11.2 Å². The Labute approximate surface area is 107 Å². The van der Waals surface area contributed by atoms with Gasteiger partial charge in [-0.15, -0.1) is 0 Å². The highest BCUT2D eigenvalue weighted by Crippen LogP contribution is 2.07. The second-order valence-corrected chi connectivity index (χ2v) is 4.77. The summed E-state index contributed by atoms with van der Waals surface area (Å²) in [5.41, 5.74) is 7.60. The fourth-order valence-corrected chi connectivity index (χ4v) is 1.91. The van der Waals surface area contributed by atoms with Gasteiger partial charge < -0.3 is 11.1 Å². The largest absolute Gasteiger partial charge is 0.393 e. The summed E-state index contributed by atoms with van der Waals surface area (Å²) in [6, 6.07) is 7.86. The summed E-state index contributed by atoms with van der Waals surface area (Å²) in [5, 5.41) is 2.88. The molecule has 0 aliphatic carbocycles. The molecule has 0 fully saturated rings. The first-order valence-electron chi connectivity index (χ1n) is 5.61. The summed E-state index contributed by atoms with van der Waals surface area (Å²) in [4.78, 5) is 12.2. The molecular weight excluding hydrogens is 232 g/mol. The van der Waals surface area contributed by atoms with E-state index in [1.165, 1.54) is 0 Å². The first-order valence-corrected chi connectivity index (χ1v) is 6.02. The molecule has 0 aromatic heterocycles. The van der Waals surface area contributed by atoms with Gasteiger partial charge in [0.25, 0.3) is 0 Å². The fourth-order valence-electron chi connectivity index (χ4n) is 1.66. The lowest BCUT2D eigenvalue weighted by Crippen LogP contribution is -2.36. The van der Waals surface area contributed by atoms with Crippen molar-refractivity contribution >= 4 is 23.1 Å². The average molecular weight is 250 g/mol. The van der Waals surface area contributed by atoms with E-state index in [1.54, 1.807) is 0 Å². The first-order chi connectivity index (χ1) is 7.99. The molecule has 0 radical (unpaired) electrons. The summed E-state index contributed by atoms with van der Waals surface area (Å²) in [6.45, 7) is 3.90. The van der Waals surface area contributed by atoms with Crippen molar-refractivity contribution in [3.63, 3.8) is 0 Å². The minimum absolute atomic E-state index is 0.00282. The number of rotatable bonds is 5. The predicted molar refractivity (Wildman–Crippen MR) is 73.9 cm³/mol. The smallest absolute Gasteiger partial charge is 0.224 e. The SMILES string of the molecule is Cc1ccccc1CC(=O)NC(C)CC(N)=S. The van der Waals surface area contributed by atoms with Gasteiger partial charge in [-0.2, -0.15) is 0 Å². The monoisotopic (exact) mass is 250 g/mol. The fraction of sp³-hybridized carbons (Fsp3) is 0.385. The average Bonchev–Trinajstić information content (AvgIpc) is 2.19. The Morgan fingerprint density at radius 1 is 1.47 bits per heavy atom. The zero-order chi connectivity index (χ0) is 12.8. The van der Waals surface area contributed by atoms with E-state index >= 15 is 0 Å². The van der Waals surface area contributed by atoms with Crippen LogP contribution in [0.25, 0.3) is 0 Å². The van der Waals surface area contributed by atoms with Crippen LogP contribution in [0, 0.1) is 6.92 Å². The van der Waals surface area contributed by atoms with Crippen LogP contribution >= 0.6 is 12.2 Å². The number of hydrogen-bond donors (Lipinski definition) is 2. The summed E-state index contributed by atoms with van der Waals surface area (Å²) in [7, 11) is 0. The number of amides is 1. The molecule has 1 atom stereocenters. The van der Waals surface area contributed by atoms with E-state index in [9.17, 15) is 4.79 Å². The van der Waals surface area contributed by atoms with Gasteiger partial charge in [-0.3, -0.25) is 4.79 Å².